The Morgan fingerprint density at radius 2 is 0.867 bits per heavy atom. The van der Waals surface area contributed by atoms with Crippen molar-refractivity contribution < 1.29 is 0 Å². The summed E-state index contributed by atoms with van der Waals surface area (Å²) in [5.74, 6) is 0. The lowest BCUT2D eigenvalue weighted by molar-refractivity contribution is 1.61. The molecule has 0 aliphatic heterocycles. The lowest BCUT2D eigenvalue weighted by Crippen LogP contribution is -2.41. The molecule has 0 fully saturated rings. The highest BCUT2D eigenvalue weighted by Gasteiger charge is 2.28. The fourth-order valence-corrected chi connectivity index (χ4v) is 13.3. The standard InChI is InChI=1S/C26H28I2Si2/c1-29(2,3)21-15-17-11-7-9-13-19(17)23(25(21)27)24-20-14-10-8-12-18(20)16-22(26(24)28)30(4,5)6/h7-16H,1-6H3. The van der Waals surface area contributed by atoms with Gasteiger partial charge >= 0.3 is 0 Å². The average molecular weight is 650 g/mol. The minimum absolute atomic E-state index is 1.36. The molecule has 0 saturated heterocycles. The van der Waals surface area contributed by atoms with Gasteiger partial charge in [-0.15, -0.1) is 0 Å². The van der Waals surface area contributed by atoms with E-state index in [4.69, 9.17) is 0 Å². The van der Waals surface area contributed by atoms with E-state index in [0.717, 1.165) is 0 Å². The Bertz CT molecular complexity index is 1180. The topological polar surface area (TPSA) is 0 Å². The Balaban J connectivity index is 2.27. The number of hydrogen-bond acceptors (Lipinski definition) is 0. The highest BCUT2D eigenvalue weighted by molar-refractivity contribution is 14.1. The van der Waals surface area contributed by atoms with Crippen LogP contribution in [0.1, 0.15) is 0 Å². The first-order valence-corrected chi connectivity index (χ1v) is 19.6. The molecule has 0 saturated carbocycles. The molecule has 4 heteroatoms. The highest BCUT2D eigenvalue weighted by Crippen LogP contribution is 2.40. The maximum Gasteiger partial charge on any atom is 0.0790 e. The van der Waals surface area contributed by atoms with Crippen molar-refractivity contribution in [2.75, 3.05) is 0 Å². The van der Waals surface area contributed by atoms with Crippen molar-refractivity contribution in [2.24, 2.45) is 0 Å². The molecule has 0 aromatic heterocycles. The van der Waals surface area contributed by atoms with Gasteiger partial charge in [0.1, 0.15) is 0 Å². The summed E-state index contributed by atoms with van der Waals surface area (Å²) < 4.78 is 2.89. The first-order chi connectivity index (χ1) is 14.0. The van der Waals surface area contributed by atoms with Crippen LogP contribution in [0, 0.1) is 7.14 Å². The Morgan fingerprint density at radius 1 is 0.533 bits per heavy atom. The van der Waals surface area contributed by atoms with E-state index in [2.05, 4.69) is 145 Å². The van der Waals surface area contributed by atoms with Gasteiger partial charge in [0.2, 0.25) is 0 Å². The van der Waals surface area contributed by atoms with Crippen LogP contribution in [0.4, 0.5) is 0 Å². The molecule has 0 N–H and O–H groups in total. The molecular formula is C26H28I2Si2. The van der Waals surface area contributed by atoms with E-state index >= 15 is 0 Å². The summed E-state index contributed by atoms with van der Waals surface area (Å²) in [4.78, 5) is 0. The van der Waals surface area contributed by atoms with Crippen molar-refractivity contribution in [3.8, 4) is 11.1 Å². The zero-order valence-corrected chi connectivity index (χ0v) is 24.8. The Labute approximate surface area is 209 Å². The second kappa shape index (κ2) is 8.01. The third-order valence-electron chi connectivity index (χ3n) is 5.84. The van der Waals surface area contributed by atoms with Crippen LogP contribution in [-0.2, 0) is 0 Å². The van der Waals surface area contributed by atoms with Crippen LogP contribution in [0.25, 0.3) is 32.7 Å². The van der Waals surface area contributed by atoms with Crippen LogP contribution in [0.2, 0.25) is 39.3 Å². The monoisotopic (exact) mass is 650 g/mol. The lowest BCUT2D eigenvalue weighted by Gasteiger charge is -2.26. The molecule has 4 aromatic rings. The van der Waals surface area contributed by atoms with Gasteiger partial charge in [0, 0.05) is 18.3 Å². The zero-order valence-electron chi connectivity index (χ0n) is 18.5. The van der Waals surface area contributed by atoms with Gasteiger partial charge in [0.05, 0.1) is 16.1 Å². The summed E-state index contributed by atoms with van der Waals surface area (Å²) in [5.41, 5.74) is 2.87. The number of fused-ring (bicyclic) bond motifs is 2. The van der Waals surface area contributed by atoms with Crippen LogP contribution in [0.3, 0.4) is 0 Å². The minimum atomic E-state index is -1.50. The molecule has 0 radical (unpaired) electrons. The Morgan fingerprint density at radius 3 is 1.20 bits per heavy atom. The molecule has 0 amide bonds. The Hall–Kier alpha value is -0.706. The van der Waals surface area contributed by atoms with Crippen LogP contribution in [-0.4, -0.2) is 16.1 Å². The number of halogens is 2. The van der Waals surface area contributed by atoms with E-state index in [-0.39, 0.29) is 0 Å². The maximum absolute atomic E-state index is 2.64. The first kappa shape index (κ1) is 22.5. The van der Waals surface area contributed by atoms with E-state index < -0.39 is 16.1 Å². The highest BCUT2D eigenvalue weighted by atomic mass is 127. The van der Waals surface area contributed by atoms with E-state index in [1.54, 1.807) is 10.4 Å². The van der Waals surface area contributed by atoms with Gasteiger partial charge in [0.15, 0.2) is 0 Å². The fraction of sp³-hybridized carbons (Fsp3) is 0.231. The smallest absolute Gasteiger partial charge is 0.0656 e. The van der Waals surface area contributed by atoms with E-state index in [9.17, 15) is 0 Å². The predicted octanol–water partition coefficient (Wildman–Crippen LogP) is 7.96. The van der Waals surface area contributed by atoms with Gasteiger partial charge in [-0.3, -0.25) is 0 Å². The molecule has 30 heavy (non-hydrogen) atoms. The summed E-state index contributed by atoms with van der Waals surface area (Å²) in [6, 6.07) is 22.9. The average Bonchev–Trinajstić information content (AvgIpc) is 2.66. The number of rotatable bonds is 3. The van der Waals surface area contributed by atoms with Crippen molar-refractivity contribution in [1.29, 1.82) is 0 Å². The van der Waals surface area contributed by atoms with Crippen LogP contribution in [0.15, 0.2) is 60.7 Å². The summed E-state index contributed by atoms with van der Waals surface area (Å²) in [6.45, 7) is 14.8. The van der Waals surface area contributed by atoms with Crippen molar-refractivity contribution in [1.82, 2.24) is 0 Å². The van der Waals surface area contributed by atoms with Crippen molar-refractivity contribution in [2.45, 2.75) is 39.3 Å². The lowest BCUT2D eigenvalue weighted by atomic mass is 9.94. The van der Waals surface area contributed by atoms with Gasteiger partial charge < -0.3 is 0 Å². The zero-order chi connectivity index (χ0) is 21.8. The first-order valence-electron chi connectivity index (χ1n) is 10.4. The largest absolute Gasteiger partial charge is 0.0790 e. The summed E-state index contributed by atoms with van der Waals surface area (Å²) in [5, 5.41) is 8.61. The van der Waals surface area contributed by atoms with E-state index in [1.807, 2.05) is 0 Å². The summed E-state index contributed by atoms with van der Waals surface area (Å²) in [6.07, 6.45) is 0. The minimum Gasteiger partial charge on any atom is -0.0656 e. The number of hydrogen-bond donors (Lipinski definition) is 0. The predicted molar refractivity (Wildman–Crippen MR) is 158 cm³/mol. The van der Waals surface area contributed by atoms with Gasteiger partial charge in [0.25, 0.3) is 0 Å². The molecular weight excluding hydrogens is 622 g/mol. The molecule has 0 nitrogen and oxygen atoms in total. The van der Waals surface area contributed by atoms with Crippen LogP contribution < -0.4 is 10.4 Å². The second-order valence-corrected chi connectivity index (χ2v) is 22.4. The van der Waals surface area contributed by atoms with E-state index in [0.29, 0.717) is 0 Å². The molecule has 0 unspecified atom stereocenters. The van der Waals surface area contributed by atoms with Gasteiger partial charge in [-0.25, -0.2) is 0 Å². The molecule has 4 rings (SSSR count). The summed E-state index contributed by atoms with van der Waals surface area (Å²) in [7, 11) is -2.99. The van der Waals surface area contributed by atoms with Crippen molar-refractivity contribution in [3.05, 3.63) is 67.8 Å². The normalized spacial score (nSPS) is 12.7. The maximum atomic E-state index is 2.64. The SMILES string of the molecule is C[Si](C)(C)c1cc2ccccc2c(-c2c(I)c([Si](C)(C)C)cc3ccccc23)c1I. The molecule has 0 spiro atoms. The van der Waals surface area contributed by atoms with Crippen molar-refractivity contribution in [3.63, 3.8) is 0 Å². The van der Waals surface area contributed by atoms with Gasteiger partial charge in [-0.2, -0.15) is 0 Å². The third-order valence-corrected chi connectivity index (χ3v) is 13.1. The van der Waals surface area contributed by atoms with Gasteiger partial charge in [-0.05, 0) is 77.1 Å². The molecule has 154 valence electrons. The molecule has 0 heterocycles. The van der Waals surface area contributed by atoms with Gasteiger partial charge in [-0.1, -0.05) is 99.9 Å². The Kier molecular flexibility index (Phi) is 6.00. The van der Waals surface area contributed by atoms with E-state index in [1.165, 1.54) is 39.8 Å². The fourth-order valence-electron chi connectivity index (χ4n) is 4.22. The van der Waals surface area contributed by atoms with Crippen LogP contribution in [0.5, 0.6) is 0 Å². The molecule has 4 aromatic carbocycles. The molecule has 0 aliphatic carbocycles. The number of benzene rings is 4. The molecule has 0 bridgehead atoms. The van der Waals surface area contributed by atoms with Crippen LogP contribution >= 0.6 is 45.2 Å². The molecule has 0 atom stereocenters. The quantitative estimate of drug-likeness (QED) is 0.156. The summed E-state index contributed by atoms with van der Waals surface area (Å²) >= 11 is 5.29. The molecule has 0 aliphatic rings. The van der Waals surface area contributed by atoms with Crippen molar-refractivity contribution >= 4 is 93.2 Å². The third kappa shape index (κ3) is 3.93. The second-order valence-electron chi connectivity index (χ2n) is 10.2.